The SMILES string of the molecule is ClC(Cl)(c1ccccc1)[P+](c1ccccc1)(c1ccccc1)c1ccccc1. The van der Waals surface area contributed by atoms with Crippen molar-refractivity contribution in [3.63, 3.8) is 0 Å². The van der Waals surface area contributed by atoms with Gasteiger partial charge in [0.25, 0.3) is 4.07 Å². The van der Waals surface area contributed by atoms with Crippen molar-refractivity contribution >= 4 is 46.4 Å². The Morgan fingerprint density at radius 1 is 0.429 bits per heavy atom. The highest BCUT2D eigenvalue weighted by atomic mass is 35.5. The molecule has 0 aliphatic heterocycles. The van der Waals surface area contributed by atoms with Gasteiger partial charge in [0.05, 0.1) is 0 Å². The average Bonchev–Trinajstić information content (AvgIpc) is 2.77. The average molecular weight is 422 g/mol. The third-order valence-electron chi connectivity index (χ3n) is 4.97. The van der Waals surface area contributed by atoms with Crippen LogP contribution in [-0.4, -0.2) is 0 Å². The summed E-state index contributed by atoms with van der Waals surface area (Å²) in [6.07, 6.45) is 0. The van der Waals surface area contributed by atoms with Gasteiger partial charge in [-0.1, -0.05) is 108 Å². The second-order valence-corrected chi connectivity index (χ2v) is 12.0. The van der Waals surface area contributed by atoms with Crippen molar-refractivity contribution < 1.29 is 0 Å². The summed E-state index contributed by atoms with van der Waals surface area (Å²) >= 11 is 14.8. The topological polar surface area (TPSA) is 0 Å². The van der Waals surface area contributed by atoms with Gasteiger partial charge in [-0.25, -0.2) is 0 Å². The van der Waals surface area contributed by atoms with Crippen LogP contribution in [0, 0.1) is 0 Å². The maximum atomic E-state index is 7.40. The first-order chi connectivity index (χ1) is 13.7. The predicted molar refractivity (Wildman–Crippen MR) is 125 cm³/mol. The summed E-state index contributed by atoms with van der Waals surface area (Å²) in [5, 5.41) is 3.46. The summed E-state index contributed by atoms with van der Waals surface area (Å²) in [4.78, 5) is 0. The maximum absolute atomic E-state index is 7.40. The van der Waals surface area contributed by atoms with Crippen LogP contribution in [0.25, 0.3) is 0 Å². The lowest BCUT2D eigenvalue weighted by atomic mass is 10.2. The van der Waals surface area contributed by atoms with Crippen LogP contribution >= 0.6 is 30.5 Å². The molecule has 0 bridgehead atoms. The molecular weight excluding hydrogens is 402 g/mol. The van der Waals surface area contributed by atoms with E-state index in [9.17, 15) is 0 Å². The third-order valence-corrected chi connectivity index (χ3v) is 11.2. The first-order valence-corrected chi connectivity index (χ1v) is 11.7. The lowest BCUT2D eigenvalue weighted by molar-refractivity contribution is 1.23. The second-order valence-electron chi connectivity index (χ2n) is 6.58. The van der Waals surface area contributed by atoms with E-state index in [0.29, 0.717) is 0 Å². The van der Waals surface area contributed by atoms with Gasteiger partial charge < -0.3 is 0 Å². The van der Waals surface area contributed by atoms with Gasteiger partial charge in [0.15, 0.2) is 7.26 Å². The highest BCUT2D eigenvalue weighted by Crippen LogP contribution is 2.74. The van der Waals surface area contributed by atoms with Gasteiger partial charge in [-0.15, -0.1) is 0 Å². The molecule has 138 valence electrons. The van der Waals surface area contributed by atoms with Gasteiger partial charge in [-0.2, -0.15) is 0 Å². The van der Waals surface area contributed by atoms with Crippen LogP contribution in [0.4, 0.5) is 0 Å². The summed E-state index contributed by atoms with van der Waals surface area (Å²) in [6.45, 7) is 0. The lowest BCUT2D eigenvalue weighted by Crippen LogP contribution is -2.40. The largest absolute Gasteiger partial charge is 0.264 e. The molecule has 0 amide bonds. The molecule has 0 N–H and O–H groups in total. The molecule has 0 nitrogen and oxygen atoms in total. The Morgan fingerprint density at radius 2 is 0.714 bits per heavy atom. The lowest BCUT2D eigenvalue weighted by Gasteiger charge is -2.36. The molecule has 0 aliphatic rings. The molecule has 0 radical (unpaired) electrons. The summed E-state index contributed by atoms with van der Waals surface area (Å²) in [6, 6.07) is 41.3. The van der Waals surface area contributed by atoms with Crippen LogP contribution < -0.4 is 15.9 Å². The van der Waals surface area contributed by atoms with Crippen molar-refractivity contribution in [2.75, 3.05) is 0 Å². The van der Waals surface area contributed by atoms with Crippen molar-refractivity contribution in [2.45, 2.75) is 4.07 Å². The molecule has 0 atom stereocenters. The fourth-order valence-corrected chi connectivity index (χ4v) is 9.99. The first-order valence-electron chi connectivity index (χ1n) is 9.17. The minimum atomic E-state index is -2.45. The van der Waals surface area contributed by atoms with E-state index in [2.05, 4.69) is 72.8 Å². The quantitative estimate of drug-likeness (QED) is 0.263. The third kappa shape index (κ3) is 3.16. The molecule has 4 aromatic carbocycles. The van der Waals surface area contributed by atoms with Crippen molar-refractivity contribution in [1.82, 2.24) is 0 Å². The van der Waals surface area contributed by atoms with Crippen molar-refractivity contribution in [3.05, 3.63) is 127 Å². The van der Waals surface area contributed by atoms with E-state index in [1.807, 2.05) is 48.5 Å². The van der Waals surface area contributed by atoms with E-state index in [1.165, 1.54) is 0 Å². The Bertz CT molecular complexity index is 920. The Labute approximate surface area is 177 Å². The van der Waals surface area contributed by atoms with E-state index in [-0.39, 0.29) is 0 Å². The molecule has 0 saturated heterocycles. The Hall–Kier alpha value is -2.11. The van der Waals surface area contributed by atoms with Crippen LogP contribution in [0.3, 0.4) is 0 Å². The minimum Gasteiger partial charge on any atom is -0.0622 e. The van der Waals surface area contributed by atoms with E-state index >= 15 is 0 Å². The van der Waals surface area contributed by atoms with Crippen molar-refractivity contribution in [3.8, 4) is 0 Å². The van der Waals surface area contributed by atoms with Crippen LogP contribution in [0.2, 0.25) is 0 Å². The zero-order chi connectivity index (χ0) is 19.5. The van der Waals surface area contributed by atoms with Crippen LogP contribution in [0.15, 0.2) is 121 Å². The van der Waals surface area contributed by atoms with Crippen LogP contribution in [0.5, 0.6) is 0 Å². The fourth-order valence-electron chi connectivity index (χ4n) is 3.72. The predicted octanol–water partition coefficient (Wildman–Crippen LogP) is 6.27. The Balaban J connectivity index is 2.14. The Kier molecular flexibility index (Phi) is 5.56. The van der Waals surface area contributed by atoms with Gasteiger partial charge in [0.2, 0.25) is 0 Å². The molecule has 28 heavy (non-hydrogen) atoms. The maximum Gasteiger partial charge on any atom is 0.264 e. The Morgan fingerprint density at radius 3 is 1.04 bits per heavy atom. The highest BCUT2D eigenvalue weighted by molar-refractivity contribution is 7.98. The summed E-state index contributed by atoms with van der Waals surface area (Å²) < 4.78 is -1.13. The zero-order valence-electron chi connectivity index (χ0n) is 15.3. The molecule has 4 rings (SSSR count). The zero-order valence-corrected chi connectivity index (χ0v) is 17.7. The number of hydrogen-bond donors (Lipinski definition) is 0. The fraction of sp³-hybridized carbons (Fsp3) is 0.0400. The minimum absolute atomic E-state index is 0.906. The molecule has 0 saturated carbocycles. The molecule has 0 spiro atoms. The van der Waals surface area contributed by atoms with E-state index < -0.39 is 11.3 Å². The van der Waals surface area contributed by atoms with E-state index in [0.717, 1.165) is 21.5 Å². The van der Waals surface area contributed by atoms with E-state index in [4.69, 9.17) is 23.2 Å². The highest BCUT2D eigenvalue weighted by Gasteiger charge is 2.62. The summed E-state index contributed by atoms with van der Waals surface area (Å²) in [5.41, 5.74) is 0.906. The van der Waals surface area contributed by atoms with Gasteiger partial charge in [-0.05, 0) is 36.4 Å². The van der Waals surface area contributed by atoms with Gasteiger partial charge in [-0.3, -0.25) is 0 Å². The molecule has 0 aromatic heterocycles. The smallest absolute Gasteiger partial charge is 0.0622 e. The number of benzene rings is 4. The first kappa shape index (κ1) is 19.2. The summed E-state index contributed by atoms with van der Waals surface area (Å²) in [7, 11) is -2.45. The molecule has 0 unspecified atom stereocenters. The molecule has 4 aromatic rings. The standard InChI is InChI=1S/C25H20Cl2P/c26-25(27,21-13-5-1-6-14-21)28(22-15-7-2-8-16-22,23-17-9-3-10-18-23)24-19-11-4-12-20-24/h1-20H/q+1. The van der Waals surface area contributed by atoms with E-state index in [1.54, 1.807) is 0 Å². The molecule has 0 heterocycles. The number of alkyl halides is 2. The molecule has 0 aliphatic carbocycles. The molecule has 0 fully saturated rings. The molecule has 3 heteroatoms. The van der Waals surface area contributed by atoms with Gasteiger partial charge >= 0.3 is 0 Å². The monoisotopic (exact) mass is 421 g/mol. The molecular formula is C25H20Cl2P+. The second kappa shape index (κ2) is 8.10. The number of hydrogen-bond acceptors (Lipinski definition) is 0. The van der Waals surface area contributed by atoms with Gasteiger partial charge in [0.1, 0.15) is 15.9 Å². The van der Waals surface area contributed by atoms with Crippen LogP contribution in [-0.2, 0) is 4.07 Å². The van der Waals surface area contributed by atoms with Crippen LogP contribution in [0.1, 0.15) is 5.56 Å². The van der Waals surface area contributed by atoms with Crippen molar-refractivity contribution in [2.24, 2.45) is 0 Å². The van der Waals surface area contributed by atoms with Crippen molar-refractivity contribution in [1.29, 1.82) is 0 Å². The normalized spacial score (nSPS) is 11.9. The summed E-state index contributed by atoms with van der Waals surface area (Å²) in [5.74, 6) is 0. The number of rotatable bonds is 5. The number of halogens is 2. The van der Waals surface area contributed by atoms with Gasteiger partial charge in [0, 0.05) is 5.56 Å².